The van der Waals surface area contributed by atoms with Gasteiger partial charge in [-0.3, -0.25) is 4.79 Å². The number of amides is 1. The molecular formula is C30H35N3O2. The molecule has 4 aromatic rings. The van der Waals surface area contributed by atoms with Crippen LogP contribution in [0.25, 0.3) is 11.0 Å². The van der Waals surface area contributed by atoms with Crippen LogP contribution in [0.15, 0.2) is 78.9 Å². The van der Waals surface area contributed by atoms with Crippen LogP contribution in [0.1, 0.15) is 43.1 Å². The fourth-order valence-electron chi connectivity index (χ4n) is 4.27. The Morgan fingerprint density at radius 1 is 0.886 bits per heavy atom. The fraction of sp³-hybridized carbons (Fsp3) is 0.333. The van der Waals surface area contributed by atoms with E-state index in [2.05, 4.69) is 59.3 Å². The van der Waals surface area contributed by atoms with Gasteiger partial charge in [0.05, 0.1) is 24.1 Å². The van der Waals surface area contributed by atoms with Gasteiger partial charge in [-0.05, 0) is 61.1 Å². The van der Waals surface area contributed by atoms with Gasteiger partial charge in [0.2, 0.25) is 5.91 Å². The Bertz CT molecular complexity index is 1200. The molecule has 0 saturated carbocycles. The van der Waals surface area contributed by atoms with Gasteiger partial charge in [0.1, 0.15) is 11.6 Å². The summed E-state index contributed by atoms with van der Waals surface area (Å²) < 4.78 is 8.25. The molecule has 0 atom stereocenters. The van der Waals surface area contributed by atoms with Gasteiger partial charge in [0.25, 0.3) is 0 Å². The van der Waals surface area contributed by atoms with Crippen molar-refractivity contribution in [2.24, 2.45) is 0 Å². The molecule has 0 aliphatic heterocycles. The van der Waals surface area contributed by atoms with Crippen LogP contribution in [0.4, 0.5) is 0 Å². The summed E-state index contributed by atoms with van der Waals surface area (Å²) in [5.74, 6) is 2.08. The van der Waals surface area contributed by atoms with Crippen molar-refractivity contribution in [3.63, 3.8) is 0 Å². The number of hydrogen-bond donors (Lipinski definition) is 1. The first-order chi connectivity index (χ1) is 17.2. The van der Waals surface area contributed by atoms with E-state index in [9.17, 15) is 4.79 Å². The van der Waals surface area contributed by atoms with Crippen LogP contribution >= 0.6 is 0 Å². The van der Waals surface area contributed by atoms with E-state index in [0.717, 1.165) is 61.3 Å². The maximum Gasteiger partial charge on any atom is 0.224 e. The van der Waals surface area contributed by atoms with Crippen molar-refractivity contribution < 1.29 is 9.53 Å². The van der Waals surface area contributed by atoms with Crippen molar-refractivity contribution in [3.8, 4) is 5.75 Å². The van der Waals surface area contributed by atoms with Gasteiger partial charge >= 0.3 is 0 Å². The molecule has 0 aliphatic rings. The molecule has 0 spiro atoms. The van der Waals surface area contributed by atoms with Crippen LogP contribution in [-0.2, 0) is 30.6 Å². The Hall–Kier alpha value is -3.60. The second kappa shape index (κ2) is 12.7. The molecule has 0 unspecified atom stereocenters. The predicted molar refractivity (Wildman–Crippen MR) is 142 cm³/mol. The molecule has 1 N–H and O–H groups in total. The summed E-state index contributed by atoms with van der Waals surface area (Å²) in [6.45, 7) is 4.43. The lowest BCUT2D eigenvalue weighted by atomic mass is 10.1. The largest absolute Gasteiger partial charge is 0.494 e. The minimum atomic E-state index is 0.0639. The SMILES string of the molecule is CCc1ccc(OCCCCn2c(CCCNC(=O)Cc3ccccc3)nc3ccccc32)cc1. The van der Waals surface area contributed by atoms with Crippen molar-refractivity contribution in [2.45, 2.75) is 52.0 Å². The number of carbonyl (C=O) groups is 1. The van der Waals surface area contributed by atoms with E-state index in [1.165, 1.54) is 11.1 Å². The quantitative estimate of drug-likeness (QED) is 0.254. The minimum absolute atomic E-state index is 0.0639. The molecule has 1 amide bonds. The van der Waals surface area contributed by atoms with Gasteiger partial charge < -0.3 is 14.6 Å². The molecule has 182 valence electrons. The molecule has 4 rings (SSSR count). The summed E-state index contributed by atoms with van der Waals surface area (Å²) in [5.41, 5.74) is 4.57. The van der Waals surface area contributed by atoms with Crippen molar-refractivity contribution in [2.75, 3.05) is 13.2 Å². The molecule has 0 saturated heterocycles. The normalized spacial score (nSPS) is 11.0. The highest BCUT2D eigenvalue weighted by Crippen LogP contribution is 2.18. The second-order valence-electron chi connectivity index (χ2n) is 8.84. The maximum atomic E-state index is 12.2. The molecule has 0 radical (unpaired) electrons. The van der Waals surface area contributed by atoms with Crippen molar-refractivity contribution in [3.05, 3.63) is 95.8 Å². The summed E-state index contributed by atoms with van der Waals surface area (Å²) in [6.07, 6.45) is 5.16. The summed E-state index contributed by atoms with van der Waals surface area (Å²) in [4.78, 5) is 17.1. The smallest absolute Gasteiger partial charge is 0.224 e. The molecule has 0 fully saturated rings. The Labute approximate surface area is 208 Å². The number of benzene rings is 3. The Balaban J connectivity index is 1.25. The van der Waals surface area contributed by atoms with Crippen molar-refractivity contribution in [1.82, 2.24) is 14.9 Å². The van der Waals surface area contributed by atoms with Crippen molar-refractivity contribution in [1.29, 1.82) is 0 Å². The molecule has 1 heterocycles. The number of para-hydroxylation sites is 2. The Kier molecular flexibility index (Phi) is 8.93. The number of aromatic nitrogens is 2. The third-order valence-electron chi connectivity index (χ3n) is 6.22. The summed E-state index contributed by atoms with van der Waals surface area (Å²) in [7, 11) is 0. The fourth-order valence-corrected chi connectivity index (χ4v) is 4.27. The van der Waals surface area contributed by atoms with Gasteiger partial charge in [0.15, 0.2) is 0 Å². The number of nitrogens with one attached hydrogen (secondary N) is 1. The number of aryl methyl sites for hydroxylation is 3. The van der Waals surface area contributed by atoms with E-state index >= 15 is 0 Å². The molecule has 1 aromatic heterocycles. The second-order valence-corrected chi connectivity index (χ2v) is 8.84. The highest BCUT2D eigenvalue weighted by Gasteiger charge is 2.10. The van der Waals surface area contributed by atoms with Crippen LogP contribution < -0.4 is 10.1 Å². The average molecular weight is 470 g/mol. The standard InChI is InChI=1S/C30H35N3O2/c1-2-24-16-18-26(19-17-24)35-22-9-8-21-33-28-14-7-6-13-27(28)32-29(33)15-10-20-31-30(34)23-25-11-4-3-5-12-25/h3-7,11-14,16-19H,2,8-10,15,20-23H2,1H3,(H,31,34). The van der Waals surface area contributed by atoms with E-state index in [4.69, 9.17) is 9.72 Å². The van der Waals surface area contributed by atoms with Gasteiger partial charge in [-0.15, -0.1) is 0 Å². The number of carbonyl (C=O) groups excluding carboxylic acids is 1. The first-order valence-electron chi connectivity index (χ1n) is 12.7. The van der Waals surface area contributed by atoms with Gasteiger partial charge in [-0.1, -0.05) is 61.5 Å². The third kappa shape index (κ3) is 7.19. The average Bonchev–Trinajstić information content (AvgIpc) is 3.24. The lowest BCUT2D eigenvalue weighted by molar-refractivity contribution is -0.120. The van der Waals surface area contributed by atoms with Crippen LogP contribution in [0.2, 0.25) is 0 Å². The van der Waals surface area contributed by atoms with E-state index in [1.54, 1.807) is 0 Å². The third-order valence-corrected chi connectivity index (χ3v) is 6.22. The zero-order chi connectivity index (χ0) is 24.3. The number of fused-ring (bicyclic) bond motifs is 1. The van der Waals surface area contributed by atoms with Crippen LogP contribution in [0.5, 0.6) is 5.75 Å². The number of hydrogen-bond acceptors (Lipinski definition) is 3. The van der Waals surface area contributed by atoms with Crippen molar-refractivity contribution >= 4 is 16.9 Å². The van der Waals surface area contributed by atoms with Gasteiger partial charge in [0, 0.05) is 19.5 Å². The van der Waals surface area contributed by atoms with Gasteiger partial charge in [-0.2, -0.15) is 0 Å². The monoisotopic (exact) mass is 469 g/mol. The van der Waals surface area contributed by atoms with E-state index < -0.39 is 0 Å². The number of rotatable bonds is 13. The van der Waals surface area contributed by atoms with E-state index in [1.807, 2.05) is 36.4 Å². The van der Waals surface area contributed by atoms with Crippen LogP contribution in [0.3, 0.4) is 0 Å². The van der Waals surface area contributed by atoms with E-state index in [-0.39, 0.29) is 5.91 Å². The predicted octanol–water partition coefficient (Wildman–Crippen LogP) is 5.75. The number of unbranched alkanes of at least 4 members (excludes halogenated alkanes) is 1. The summed E-state index contributed by atoms with van der Waals surface area (Å²) in [6, 6.07) is 26.5. The summed E-state index contributed by atoms with van der Waals surface area (Å²) in [5, 5.41) is 3.04. The molecule has 3 aromatic carbocycles. The first-order valence-corrected chi connectivity index (χ1v) is 12.7. The molecule has 35 heavy (non-hydrogen) atoms. The molecule has 5 nitrogen and oxygen atoms in total. The lowest BCUT2D eigenvalue weighted by Crippen LogP contribution is -2.26. The number of ether oxygens (including phenoxy) is 1. The number of imidazole rings is 1. The lowest BCUT2D eigenvalue weighted by Gasteiger charge is -2.11. The Morgan fingerprint density at radius 3 is 2.46 bits per heavy atom. The number of nitrogens with zero attached hydrogens (tertiary/aromatic N) is 2. The maximum absolute atomic E-state index is 12.2. The highest BCUT2D eigenvalue weighted by atomic mass is 16.5. The van der Waals surface area contributed by atoms with Crippen LogP contribution in [-0.4, -0.2) is 28.6 Å². The molecular weight excluding hydrogens is 434 g/mol. The molecule has 0 bridgehead atoms. The van der Waals surface area contributed by atoms with E-state index in [0.29, 0.717) is 19.6 Å². The zero-order valence-electron chi connectivity index (χ0n) is 20.6. The summed E-state index contributed by atoms with van der Waals surface area (Å²) >= 11 is 0. The minimum Gasteiger partial charge on any atom is -0.494 e. The van der Waals surface area contributed by atoms with Gasteiger partial charge in [-0.25, -0.2) is 4.98 Å². The first kappa shape index (κ1) is 24.5. The molecule has 5 heteroatoms. The van der Waals surface area contributed by atoms with Crippen LogP contribution in [0, 0.1) is 0 Å². The highest BCUT2D eigenvalue weighted by molar-refractivity contribution is 5.78. The topological polar surface area (TPSA) is 56.1 Å². The Morgan fingerprint density at radius 2 is 1.66 bits per heavy atom. The zero-order valence-corrected chi connectivity index (χ0v) is 20.6. The molecule has 0 aliphatic carbocycles.